The number of rotatable bonds is 9. The average molecular weight is 649 g/mol. The van der Waals surface area contributed by atoms with Gasteiger partial charge < -0.3 is 0 Å². The zero-order chi connectivity index (χ0) is 25.5. The molecule has 2 unspecified atom stereocenters. The summed E-state index contributed by atoms with van der Waals surface area (Å²) in [6.07, 6.45) is 0. The van der Waals surface area contributed by atoms with Crippen LogP contribution in [0.1, 0.15) is 11.1 Å². The first kappa shape index (κ1) is 26.4. The van der Waals surface area contributed by atoms with Crippen LogP contribution in [0, 0.1) is 13.8 Å². The van der Waals surface area contributed by atoms with Gasteiger partial charge in [0.1, 0.15) is 0 Å². The molecule has 5 rings (SSSR count). The molecule has 2 radical (unpaired) electrons. The second-order valence-electron chi connectivity index (χ2n) is 8.67. The van der Waals surface area contributed by atoms with Crippen molar-refractivity contribution >= 4 is 65.3 Å². The van der Waals surface area contributed by atoms with Gasteiger partial charge in [0.2, 0.25) is 0 Å². The third-order valence-corrected chi connectivity index (χ3v) is 25.7. The van der Waals surface area contributed by atoms with Crippen LogP contribution in [0.4, 0.5) is 5.69 Å². The summed E-state index contributed by atoms with van der Waals surface area (Å²) in [6.45, 7) is 4.49. The number of hydrogen-bond donors (Lipinski definition) is 0. The van der Waals surface area contributed by atoms with Crippen LogP contribution in [0.3, 0.4) is 0 Å². The molecule has 0 spiro atoms. The van der Waals surface area contributed by atoms with Gasteiger partial charge in [0.15, 0.2) is 0 Å². The van der Waals surface area contributed by atoms with Crippen LogP contribution in [-0.2, 0) is 0 Å². The molecule has 0 fully saturated rings. The quantitative estimate of drug-likeness (QED) is 0.142. The van der Waals surface area contributed by atoms with Crippen molar-refractivity contribution in [3.63, 3.8) is 0 Å². The second kappa shape index (κ2) is 13.0. The molecule has 5 aromatic carbocycles. The number of anilines is 1. The molecule has 0 heterocycles. The Kier molecular flexibility index (Phi) is 9.31. The van der Waals surface area contributed by atoms with E-state index < -0.39 is 26.9 Å². The fraction of sp³-hybridized carbons (Fsp3) is 0.0625. The maximum atomic E-state index is 2.79. The molecule has 0 saturated carbocycles. The van der Waals surface area contributed by atoms with E-state index in [0.29, 0.717) is 0 Å². The standard InChI is InChI=1S/C32H31NP2Se2/c1-26-23-24-27(2)32(25-26)33(34-36(28-15-7-3-8-16-28)29-17-9-4-10-18-29)35-37(30-19-11-5-12-20-30)31-21-13-6-14-22-31/h3-25,34-35H,1-2H3. The third kappa shape index (κ3) is 6.82. The number of aryl methyl sites for hydroxylation is 2. The van der Waals surface area contributed by atoms with E-state index in [1.165, 1.54) is 34.7 Å². The minimum absolute atomic E-state index is 0.724. The monoisotopic (exact) mass is 651 g/mol. The number of benzene rings is 5. The van der Waals surface area contributed by atoms with Crippen molar-refractivity contribution in [2.75, 3.05) is 4.44 Å². The summed E-state index contributed by atoms with van der Waals surface area (Å²) in [5.74, 6) is 0. The Hall–Kier alpha value is -2.20. The molecule has 0 aromatic heterocycles. The van der Waals surface area contributed by atoms with Crippen molar-refractivity contribution in [2.45, 2.75) is 13.8 Å². The van der Waals surface area contributed by atoms with Gasteiger partial charge in [0.25, 0.3) is 0 Å². The van der Waals surface area contributed by atoms with E-state index >= 15 is 0 Å². The molecule has 1 nitrogen and oxygen atoms in total. The van der Waals surface area contributed by atoms with Gasteiger partial charge in [-0.3, -0.25) is 0 Å². The first-order valence-corrected chi connectivity index (χ1v) is 22.6. The molecular weight excluding hydrogens is 618 g/mol. The zero-order valence-corrected chi connectivity index (χ0v) is 26.5. The minimum atomic E-state index is -1.30. The zero-order valence-electron chi connectivity index (χ0n) is 21.0. The summed E-state index contributed by atoms with van der Waals surface area (Å²) in [6, 6.07) is 51.9. The van der Waals surface area contributed by atoms with E-state index in [0.717, 1.165) is 14.8 Å². The van der Waals surface area contributed by atoms with Gasteiger partial charge in [0.05, 0.1) is 0 Å². The van der Waals surface area contributed by atoms with Gasteiger partial charge in [-0.2, -0.15) is 0 Å². The Morgan fingerprint density at radius 2 is 0.811 bits per heavy atom. The van der Waals surface area contributed by atoms with Crippen molar-refractivity contribution in [2.24, 2.45) is 0 Å². The molecule has 0 N–H and O–H groups in total. The summed E-state index contributed by atoms with van der Waals surface area (Å²) in [5, 5.41) is 0. The molecule has 5 aromatic rings. The van der Waals surface area contributed by atoms with Crippen LogP contribution in [0.5, 0.6) is 0 Å². The summed E-state index contributed by atoms with van der Waals surface area (Å²) in [4.78, 5) is 0. The van der Waals surface area contributed by atoms with E-state index in [-0.39, 0.29) is 0 Å². The van der Waals surface area contributed by atoms with Crippen molar-refractivity contribution in [3.05, 3.63) is 151 Å². The first-order valence-electron chi connectivity index (χ1n) is 12.3. The van der Waals surface area contributed by atoms with E-state index in [1.807, 2.05) is 0 Å². The van der Waals surface area contributed by atoms with E-state index in [4.69, 9.17) is 0 Å². The summed E-state index contributed by atoms with van der Waals surface area (Å²) >= 11 is -2.60. The molecule has 0 amide bonds. The first-order chi connectivity index (χ1) is 18.2. The predicted octanol–water partition coefficient (Wildman–Crippen LogP) is 5.91. The van der Waals surface area contributed by atoms with Gasteiger partial charge in [0, 0.05) is 0 Å². The number of nitrogens with zero attached hydrogens (tertiary/aromatic N) is 1. The molecule has 0 bridgehead atoms. The van der Waals surface area contributed by atoms with Crippen LogP contribution in [0.15, 0.2) is 140 Å². The Morgan fingerprint density at radius 3 is 1.16 bits per heavy atom. The van der Waals surface area contributed by atoms with E-state index in [2.05, 4.69) is 158 Å². The third-order valence-electron chi connectivity index (χ3n) is 5.89. The van der Waals surface area contributed by atoms with Crippen LogP contribution in [0.25, 0.3) is 0 Å². The summed E-state index contributed by atoms with van der Waals surface area (Å²) in [7, 11) is 1.45. The normalized spacial score (nSPS) is 11.8. The molecule has 5 heteroatoms. The molecule has 186 valence electrons. The van der Waals surface area contributed by atoms with Crippen molar-refractivity contribution < 1.29 is 0 Å². The van der Waals surface area contributed by atoms with E-state index in [9.17, 15) is 0 Å². The van der Waals surface area contributed by atoms with Gasteiger partial charge in [-0.25, -0.2) is 0 Å². The Morgan fingerprint density at radius 1 is 0.459 bits per heavy atom. The fourth-order valence-corrected chi connectivity index (χ4v) is 26.6. The Bertz CT molecular complexity index is 1240. The van der Waals surface area contributed by atoms with Gasteiger partial charge in [-0.05, 0) is 0 Å². The van der Waals surface area contributed by atoms with Gasteiger partial charge in [-0.15, -0.1) is 0 Å². The number of hydrogen-bond acceptors (Lipinski definition) is 1. The SMILES string of the molecule is Cc1ccc(C)c(N(P[Se](c2ccccc2)c2ccccc2)P[Se](c2ccccc2)c2ccccc2)c1. The molecule has 0 saturated heterocycles. The van der Waals surface area contributed by atoms with Crippen LogP contribution >= 0.6 is 14.8 Å². The second-order valence-corrected chi connectivity index (χ2v) is 23.4. The maximum absolute atomic E-state index is 2.79. The van der Waals surface area contributed by atoms with Crippen LogP contribution in [-0.4, -0.2) is 26.9 Å². The molecule has 0 aliphatic heterocycles. The molecular formula is C32H31NP2Se2. The summed E-state index contributed by atoms with van der Waals surface area (Å²) < 4.78 is 8.80. The molecule has 0 aliphatic rings. The molecule has 37 heavy (non-hydrogen) atoms. The van der Waals surface area contributed by atoms with Crippen molar-refractivity contribution in [1.82, 2.24) is 0 Å². The van der Waals surface area contributed by atoms with Crippen molar-refractivity contribution in [1.29, 1.82) is 0 Å². The Balaban J connectivity index is 1.61. The molecule has 2 atom stereocenters. The van der Waals surface area contributed by atoms with Gasteiger partial charge in [-0.1, -0.05) is 0 Å². The van der Waals surface area contributed by atoms with E-state index in [1.54, 1.807) is 0 Å². The average Bonchev–Trinajstić information content (AvgIpc) is 2.96. The summed E-state index contributed by atoms with van der Waals surface area (Å²) in [5.41, 5.74) is 4.09. The predicted molar refractivity (Wildman–Crippen MR) is 171 cm³/mol. The fourth-order valence-electron chi connectivity index (χ4n) is 3.97. The van der Waals surface area contributed by atoms with Gasteiger partial charge >= 0.3 is 234 Å². The van der Waals surface area contributed by atoms with Crippen molar-refractivity contribution in [3.8, 4) is 0 Å². The van der Waals surface area contributed by atoms with Crippen LogP contribution < -0.4 is 22.3 Å². The van der Waals surface area contributed by atoms with Crippen LogP contribution in [0.2, 0.25) is 0 Å². The Labute approximate surface area is 233 Å². The molecule has 0 aliphatic carbocycles. The topological polar surface area (TPSA) is 3.24 Å².